The standard InChI is InChI=1S/C26H19ClN4O4S/c1-35-24-15-20(7-9-23(24)27)25-22(18-10-12-28-13-11-18)16-31(29-25)26(32)30-36(33,34)21-8-6-17-4-2-3-5-19(17)14-21/h2-16H,1H3,(H,30,32). The first-order chi connectivity index (χ1) is 17.4. The normalized spacial score (nSPS) is 11.4. The van der Waals surface area contributed by atoms with Gasteiger partial charge < -0.3 is 4.74 Å². The van der Waals surface area contributed by atoms with Crippen molar-refractivity contribution in [2.45, 2.75) is 4.90 Å². The van der Waals surface area contributed by atoms with E-state index in [-0.39, 0.29) is 4.90 Å². The summed E-state index contributed by atoms with van der Waals surface area (Å²) in [7, 11) is -2.66. The van der Waals surface area contributed by atoms with Crippen molar-refractivity contribution in [1.29, 1.82) is 0 Å². The smallest absolute Gasteiger partial charge is 0.355 e. The Labute approximate surface area is 212 Å². The van der Waals surface area contributed by atoms with Gasteiger partial charge >= 0.3 is 6.03 Å². The van der Waals surface area contributed by atoms with Crippen LogP contribution in [0, 0.1) is 0 Å². The number of fused-ring (bicyclic) bond motifs is 1. The zero-order valence-electron chi connectivity index (χ0n) is 18.9. The third-order valence-electron chi connectivity index (χ3n) is 5.59. The molecule has 2 heterocycles. The molecular weight excluding hydrogens is 500 g/mol. The molecule has 0 fully saturated rings. The number of nitrogens with zero attached hydrogens (tertiary/aromatic N) is 3. The molecule has 0 atom stereocenters. The molecule has 5 rings (SSSR count). The van der Waals surface area contributed by atoms with Crippen LogP contribution in [0.15, 0.2) is 96.3 Å². The summed E-state index contributed by atoms with van der Waals surface area (Å²) in [4.78, 5) is 17.1. The first-order valence-electron chi connectivity index (χ1n) is 10.8. The van der Waals surface area contributed by atoms with E-state index in [1.54, 1.807) is 54.9 Å². The molecule has 0 saturated heterocycles. The van der Waals surface area contributed by atoms with Crippen molar-refractivity contribution in [2.24, 2.45) is 0 Å². The molecule has 0 aliphatic heterocycles. The molecule has 0 aliphatic rings. The lowest BCUT2D eigenvalue weighted by atomic mass is 10.0. The van der Waals surface area contributed by atoms with Crippen LogP contribution in [0.1, 0.15) is 0 Å². The van der Waals surface area contributed by atoms with E-state index in [1.807, 2.05) is 18.2 Å². The lowest BCUT2D eigenvalue weighted by molar-refractivity contribution is 0.244. The number of carbonyl (C=O) groups excluding carboxylic acids is 1. The summed E-state index contributed by atoms with van der Waals surface area (Å²) in [6, 6.07) is 19.7. The summed E-state index contributed by atoms with van der Waals surface area (Å²) in [5.41, 5.74) is 2.41. The van der Waals surface area contributed by atoms with E-state index in [2.05, 4.69) is 14.8 Å². The highest BCUT2D eigenvalue weighted by molar-refractivity contribution is 7.90. The minimum absolute atomic E-state index is 0.0290. The monoisotopic (exact) mass is 518 g/mol. The third kappa shape index (κ3) is 4.53. The van der Waals surface area contributed by atoms with Crippen LogP contribution < -0.4 is 9.46 Å². The average Bonchev–Trinajstić information content (AvgIpc) is 3.35. The van der Waals surface area contributed by atoms with Crippen LogP contribution in [0.5, 0.6) is 5.75 Å². The van der Waals surface area contributed by atoms with Gasteiger partial charge in [-0.05, 0) is 52.7 Å². The third-order valence-corrected chi connectivity index (χ3v) is 7.22. The molecule has 3 aromatic carbocycles. The fraction of sp³-hybridized carbons (Fsp3) is 0.0385. The van der Waals surface area contributed by atoms with Crippen LogP contribution >= 0.6 is 11.6 Å². The maximum Gasteiger partial charge on any atom is 0.355 e. The van der Waals surface area contributed by atoms with Crippen LogP contribution in [0.2, 0.25) is 5.02 Å². The minimum atomic E-state index is -4.16. The van der Waals surface area contributed by atoms with E-state index >= 15 is 0 Å². The van der Waals surface area contributed by atoms with Gasteiger partial charge in [0.25, 0.3) is 10.0 Å². The second kappa shape index (κ2) is 9.44. The summed E-state index contributed by atoms with van der Waals surface area (Å²) >= 11 is 6.17. The summed E-state index contributed by atoms with van der Waals surface area (Å²) in [6.07, 6.45) is 4.70. The van der Waals surface area contributed by atoms with Crippen molar-refractivity contribution in [3.05, 3.63) is 96.4 Å². The number of nitrogens with one attached hydrogen (secondary N) is 1. The van der Waals surface area contributed by atoms with Crippen LogP contribution in [-0.4, -0.2) is 36.3 Å². The Morgan fingerprint density at radius 1 is 0.944 bits per heavy atom. The summed E-state index contributed by atoms with van der Waals surface area (Å²) in [5, 5.41) is 6.46. The Kier molecular flexibility index (Phi) is 6.17. The number of halogens is 1. The van der Waals surface area contributed by atoms with Crippen molar-refractivity contribution in [1.82, 2.24) is 19.5 Å². The number of carbonyl (C=O) groups is 1. The summed E-state index contributed by atoms with van der Waals surface area (Å²) < 4.78 is 34.4. The van der Waals surface area contributed by atoms with Crippen molar-refractivity contribution in [3.8, 4) is 28.1 Å². The van der Waals surface area contributed by atoms with Gasteiger partial charge in [-0.2, -0.15) is 9.78 Å². The van der Waals surface area contributed by atoms with Gasteiger partial charge in [0.15, 0.2) is 0 Å². The summed E-state index contributed by atoms with van der Waals surface area (Å²) in [5.74, 6) is 0.438. The number of sulfonamides is 1. The van der Waals surface area contributed by atoms with Gasteiger partial charge in [0.05, 0.1) is 17.0 Å². The number of ether oxygens (including phenoxy) is 1. The molecule has 0 unspecified atom stereocenters. The Bertz CT molecular complexity index is 1700. The molecule has 2 aromatic heterocycles. The topological polar surface area (TPSA) is 103 Å². The second-order valence-corrected chi connectivity index (χ2v) is 9.93. The molecule has 0 spiro atoms. The van der Waals surface area contributed by atoms with Crippen LogP contribution in [0.25, 0.3) is 33.2 Å². The number of hydrogen-bond acceptors (Lipinski definition) is 6. The van der Waals surface area contributed by atoms with Crippen LogP contribution in [0.4, 0.5) is 4.79 Å². The maximum absolute atomic E-state index is 13.1. The molecule has 10 heteroatoms. The molecule has 0 saturated carbocycles. The Hall–Kier alpha value is -4.21. The summed E-state index contributed by atoms with van der Waals surface area (Å²) in [6.45, 7) is 0. The quantitative estimate of drug-likeness (QED) is 0.335. The average molecular weight is 519 g/mol. The van der Waals surface area contributed by atoms with E-state index in [0.717, 1.165) is 21.0 Å². The molecule has 5 aromatic rings. The Morgan fingerprint density at radius 2 is 1.69 bits per heavy atom. The number of amides is 1. The SMILES string of the molecule is COc1cc(-c2nn(C(=O)NS(=O)(=O)c3ccc4ccccc4c3)cc2-c2ccncc2)ccc1Cl. The molecule has 36 heavy (non-hydrogen) atoms. The maximum atomic E-state index is 13.1. The number of pyridine rings is 1. The highest BCUT2D eigenvalue weighted by atomic mass is 35.5. The molecule has 1 N–H and O–H groups in total. The second-order valence-electron chi connectivity index (χ2n) is 7.84. The molecule has 8 nitrogen and oxygen atoms in total. The largest absolute Gasteiger partial charge is 0.495 e. The molecule has 0 bridgehead atoms. The lowest BCUT2D eigenvalue weighted by Crippen LogP contribution is -2.34. The van der Waals surface area contributed by atoms with E-state index in [4.69, 9.17) is 16.3 Å². The van der Waals surface area contributed by atoms with Gasteiger partial charge in [-0.15, -0.1) is 0 Å². The number of methoxy groups -OCH3 is 1. The van der Waals surface area contributed by atoms with Gasteiger partial charge in [-0.1, -0.05) is 48.0 Å². The fourth-order valence-corrected chi connectivity index (χ4v) is 4.96. The molecule has 180 valence electrons. The van der Waals surface area contributed by atoms with Gasteiger partial charge in [0.2, 0.25) is 0 Å². The van der Waals surface area contributed by atoms with Crippen molar-refractivity contribution < 1.29 is 17.9 Å². The minimum Gasteiger partial charge on any atom is -0.495 e. The zero-order valence-corrected chi connectivity index (χ0v) is 20.5. The molecule has 0 aliphatic carbocycles. The van der Waals surface area contributed by atoms with Gasteiger partial charge in [-0.3, -0.25) is 4.98 Å². The van der Waals surface area contributed by atoms with Crippen molar-refractivity contribution in [2.75, 3.05) is 7.11 Å². The van der Waals surface area contributed by atoms with Crippen molar-refractivity contribution >= 4 is 38.4 Å². The van der Waals surface area contributed by atoms with Gasteiger partial charge in [0.1, 0.15) is 11.4 Å². The number of aromatic nitrogens is 3. The molecule has 0 radical (unpaired) electrons. The van der Waals surface area contributed by atoms with Crippen LogP contribution in [0.3, 0.4) is 0 Å². The number of benzene rings is 3. The lowest BCUT2D eigenvalue weighted by Gasteiger charge is -2.08. The highest BCUT2D eigenvalue weighted by Gasteiger charge is 2.22. The van der Waals surface area contributed by atoms with Gasteiger partial charge in [0, 0.05) is 29.7 Å². The molecule has 1 amide bonds. The number of hydrogen-bond donors (Lipinski definition) is 1. The number of rotatable bonds is 5. The van der Waals surface area contributed by atoms with Crippen molar-refractivity contribution in [3.63, 3.8) is 0 Å². The van der Waals surface area contributed by atoms with E-state index in [0.29, 0.717) is 27.6 Å². The predicted molar refractivity (Wildman–Crippen MR) is 138 cm³/mol. The Morgan fingerprint density at radius 3 is 2.44 bits per heavy atom. The van der Waals surface area contributed by atoms with E-state index < -0.39 is 16.1 Å². The fourth-order valence-electron chi connectivity index (χ4n) is 3.80. The predicted octanol–water partition coefficient (Wildman–Crippen LogP) is 5.37. The molecular formula is C26H19ClN4O4S. The van der Waals surface area contributed by atoms with E-state index in [9.17, 15) is 13.2 Å². The first kappa shape index (κ1) is 23.5. The van der Waals surface area contributed by atoms with Gasteiger partial charge in [-0.25, -0.2) is 17.9 Å². The highest BCUT2D eigenvalue weighted by Crippen LogP contribution is 2.35. The Balaban J connectivity index is 1.53. The first-order valence-corrected chi connectivity index (χ1v) is 12.6. The zero-order chi connectivity index (χ0) is 25.3. The van der Waals surface area contributed by atoms with Crippen LogP contribution in [-0.2, 0) is 10.0 Å². The van der Waals surface area contributed by atoms with E-state index in [1.165, 1.54) is 25.4 Å².